The maximum atomic E-state index is 12.9. The van der Waals surface area contributed by atoms with Crippen molar-refractivity contribution in [3.8, 4) is 0 Å². The monoisotopic (exact) mass is 552 g/mol. The second-order valence-electron chi connectivity index (χ2n) is 7.39. The Morgan fingerprint density at radius 3 is 2.24 bits per heavy atom. The molecule has 1 saturated heterocycles. The Morgan fingerprint density at radius 2 is 1.58 bits per heavy atom. The molecular formula is C21H20Cl4N2O5S. The molecule has 1 unspecified atom stereocenters. The van der Waals surface area contributed by atoms with Crippen LogP contribution in [-0.4, -0.2) is 43.8 Å². The summed E-state index contributed by atoms with van der Waals surface area (Å²) >= 11 is 24.0. The van der Waals surface area contributed by atoms with E-state index in [4.69, 9.17) is 51.1 Å². The van der Waals surface area contributed by atoms with E-state index in [0.29, 0.717) is 13.1 Å². The molecule has 7 nitrogen and oxygen atoms in total. The smallest absolute Gasteiger partial charge is 0.340 e. The third kappa shape index (κ3) is 6.12. The van der Waals surface area contributed by atoms with Gasteiger partial charge < -0.3 is 10.1 Å². The highest BCUT2D eigenvalue weighted by Crippen LogP contribution is 2.32. The minimum Gasteiger partial charge on any atom is -0.449 e. The molecule has 0 saturated carbocycles. The number of piperidine rings is 1. The summed E-state index contributed by atoms with van der Waals surface area (Å²) in [6.45, 7) is 2.18. The number of esters is 1. The molecule has 33 heavy (non-hydrogen) atoms. The predicted octanol–water partition coefficient (Wildman–Crippen LogP) is 5.66. The quantitative estimate of drug-likeness (QED) is 0.368. The largest absolute Gasteiger partial charge is 0.449 e. The fourth-order valence-corrected chi connectivity index (χ4v) is 5.54. The summed E-state index contributed by atoms with van der Waals surface area (Å²) in [6.07, 6.45) is 1.27. The molecule has 0 spiro atoms. The summed E-state index contributed by atoms with van der Waals surface area (Å²) in [6, 6.07) is 6.55. The van der Waals surface area contributed by atoms with Gasteiger partial charge in [-0.25, -0.2) is 13.2 Å². The van der Waals surface area contributed by atoms with Crippen molar-refractivity contribution in [2.75, 3.05) is 18.4 Å². The van der Waals surface area contributed by atoms with E-state index in [1.54, 1.807) is 0 Å². The first-order valence-electron chi connectivity index (χ1n) is 9.97. The van der Waals surface area contributed by atoms with Crippen molar-refractivity contribution in [2.24, 2.45) is 0 Å². The highest BCUT2D eigenvalue weighted by Gasteiger charge is 2.28. The number of hydrogen-bond donors (Lipinski definition) is 1. The van der Waals surface area contributed by atoms with Gasteiger partial charge in [0, 0.05) is 13.1 Å². The summed E-state index contributed by atoms with van der Waals surface area (Å²) in [4.78, 5) is 25.1. The number of ether oxygens (including phenoxy) is 1. The summed E-state index contributed by atoms with van der Waals surface area (Å²) in [5.41, 5.74) is 0.0218. The van der Waals surface area contributed by atoms with Crippen molar-refractivity contribution >= 4 is 74.0 Å². The minimum atomic E-state index is -3.78. The number of halogens is 4. The molecule has 0 aliphatic carbocycles. The van der Waals surface area contributed by atoms with Gasteiger partial charge in [-0.05, 0) is 50.1 Å². The topological polar surface area (TPSA) is 92.8 Å². The van der Waals surface area contributed by atoms with Gasteiger partial charge in [-0.15, -0.1) is 0 Å². The molecule has 2 aromatic rings. The lowest BCUT2D eigenvalue weighted by Gasteiger charge is -2.26. The molecule has 0 bridgehead atoms. The third-order valence-corrected chi connectivity index (χ3v) is 8.29. The van der Waals surface area contributed by atoms with Crippen LogP contribution < -0.4 is 5.32 Å². The maximum absolute atomic E-state index is 12.9. The molecule has 1 fully saturated rings. The number of nitrogens with zero attached hydrogens (tertiary/aromatic N) is 1. The molecule has 2 aromatic carbocycles. The Balaban J connectivity index is 1.75. The average molecular weight is 554 g/mol. The standard InChI is InChI=1S/C21H20Cl4N2O5S/c1-12(20(28)26-19-11-17(24)16(23)10-18(19)25)32-21(29)14-9-13(5-6-15(14)22)33(30,31)27-7-3-2-4-8-27/h5-6,9-12H,2-4,7-8H2,1H3,(H,26,28). The Bertz CT molecular complexity index is 1180. The lowest BCUT2D eigenvalue weighted by Crippen LogP contribution is -2.35. The van der Waals surface area contributed by atoms with Crippen LogP contribution in [0.25, 0.3) is 0 Å². The van der Waals surface area contributed by atoms with E-state index >= 15 is 0 Å². The summed E-state index contributed by atoms with van der Waals surface area (Å²) in [7, 11) is -3.78. The molecular weight excluding hydrogens is 534 g/mol. The van der Waals surface area contributed by atoms with Crippen LogP contribution in [0.2, 0.25) is 20.1 Å². The summed E-state index contributed by atoms with van der Waals surface area (Å²) in [5, 5.41) is 3.04. The van der Waals surface area contributed by atoms with Crippen LogP contribution in [0.15, 0.2) is 35.2 Å². The van der Waals surface area contributed by atoms with Crippen molar-refractivity contribution in [3.63, 3.8) is 0 Å². The van der Waals surface area contributed by atoms with Gasteiger partial charge in [-0.1, -0.05) is 52.8 Å². The van der Waals surface area contributed by atoms with Gasteiger partial charge in [-0.3, -0.25) is 4.79 Å². The number of anilines is 1. The number of amides is 1. The van der Waals surface area contributed by atoms with Crippen molar-refractivity contribution in [1.82, 2.24) is 4.31 Å². The molecule has 1 amide bonds. The van der Waals surface area contributed by atoms with Crippen LogP contribution in [0.3, 0.4) is 0 Å². The Hall–Kier alpha value is -1.55. The molecule has 12 heteroatoms. The zero-order chi connectivity index (χ0) is 24.3. The number of carbonyl (C=O) groups is 2. The van der Waals surface area contributed by atoms with Crippen molar-refractivity contribution in [2.45, 2.75) is 37.2 Å². The van der Waals surface area contributed by atoms with E-state index in [9.17, 15) is 18.0 Å². The summed E-state index contributed by atoms with van der Waals surface area (Å²) < 4.78 is 32.4. The molecule has 1 aliphatic heterocycles. The van der Waals surface area contributed by atoms with Gasteiger partial charge in [0.25, 0.3) is 5.91 Å². The van der Waals surface area contributed by atoms with Crippen molar-refractivity contribution < 1.29 is 22.7 Å². The SMILES string of the molecule is CC(OC(=O)c1cc(S(=O)(=O)N2CCCCC2)ccc1Cl)C(=O)Nc1cc(Cl)c(Cl)cc1Cl. The number of carbonyl (C=O) groups excluding carboxylic acids is 2. The average Bonchev–Trinajstić information content (AvgIpc) is 2.78. The Kier molecular flexibility index (Phi) is 8.53. The van der Waals surface area contributed by atoms with Gasteiger partial charge in [-0.2, -0.15) is 4.31 Å². The first-order chi connectivity index (χ1) is 15.5. The van der Waals surface area contributed by atoms with E-state index in [2.05, 4.69) is 5.32 Å². The van der Waals surface area contributed by atoms with E-state index in [1.165, 1.54) is 35.5 Å². The van der Waals surface area contributed by atoms with Crippen LogP contribution in [0, 0.1) is 0 Å². The van der Waals surface area contributed by atoms with Crippen LogP contribution in [-0.2, 0) is 19.6 Å². The summed E-state index contributed by atoms with van der Waals surface area (Å²) in [5.74, 6) is -1.63. The minimum absolute atomic E-state index is 0.00210. The molecule has 1 N–H and O–H groups in total. The first-order valence-corrected chi connectivity index (χ1v) is 12.9. The highest BCUT2D eigenvalue weighted by atomic mass is 35.5. The third-order valence-electron chi connectivity index (χ3n) is 5.03. The van der Waals surface area contributed by atoms with Crippen LogP contribution in [0.4, 0.5) is 5.69 Å². The molecule has 1 atom stereocenters. The predicted molar refractivity (Wildman–Crippen MR) is 129 cm³/mol. The first kappa shape index (κ1) is 26.1. The zero-order valence-electron chi connectivity index (χ0n) is 17.4. The van der Waals surface area contributed by atoms with Crippen molar-refractivity contribution in [3.05, 3.63) is 56.0 Å². The number of rotatable bonds is 6. The van der Waals surface area contributed by atoms with Gasteiger partial charge in [0.15, 0.2) is 6.10 Å². The van der Waals surface area contributed by atoms with E-state index in [0.717, 1.165) is 25.3 Å². The number of sulfonamides is 1. The molecule has 0 radical (unpaired) electrons. The maximum Gasteiger partial charge on any atom is 0.340 e. The van der Waals surface area contributed by atoms with Gasteiger partial charge >= 0.3 is 5.97 Å². The molecule has 1 aliphatic rings. The Morgan fingerprint density at radius 1 is 0.939 bits per heavy atom. The highest BCUT2D eigenvalue weighted by molar-refractivity contribution is 7.89. The fourth-order valence-electron chi connectivity index (χ4n) is 3.21. The second-order valence-corrected chi connectivity index (χ2v) is 11.0. The second kappa shape index (κ2) is 10.8. The molecule has 178 valence electrons. The van der Waals surface area contributed by atoms with Crippen molar-refractivity contribution in [1.29, 1.82) is 0 Å². The van der Waals surface area contributed by atoms with Gasteiger partial charge in [0.2, 0.25) is 10.0 Å². The lowest BCUT2D eigenvalue weighted by molar-refractivity contribution is -0.123. The molecule has 1 heterocycles. The van der Waals surface area contributed by atoms with Gasteiger partial charge in [0.05, 0.1) is 36.2 Å². The normalized spacial score (nSPS) is 15.7. The van der Waals surface area contributed by atoms with E-state index in [1.807, 2.05) is 0 Å². The molecule has 0 aromatic heterocycles. The van der Waals surface area contributed by atoms with E-state index in [-0.39, 0.29) is 36.2 Å². The van der Waals surface area contributed by atoms with Crippen LogP contribution >= 0.6 is 46.4 Å². The van der Waals surface area contributed by atoms with Crippen LogP contribution in [0.5, 0.6) is 0 Å². The fraction of sp³-hybridized carbons (Fsp3) is 0.333. The number of benzene rings is 2. The zero-order valence-corrected chi connectivity index (χ0v) is 21.2. The number of hydrogen-bond acceptors (Lipinski definition) is 5. The Labute approximate surface area is 211 Å². The lowest BCUT2D eigenvalue weighted by atomic mass is 10.2. The number of nitrogens with one attached hydrogen (secondary N) is 1. The van der Waals surface area contributed by atoms with Gasteiger partial charge in [0.1, 0.15) is 0 Å². The van der Waals surface area contributed by atoms with E-state index < -0.39 is 28.0 Å². The van der Waals surface area contributed by atoms with Crippen LogP contribution in [0.1, 0.15) is 36.5 Å². The molecule has 3 rings (SSSR count).